The molecule has 6 nitrogen and oxygen atoms in total. The number of nitrogens with zero attached hydrogens (tertiary/aromatic N) is 1. The molecule has 118 valence electrons. The van der Waals surface area contributed by atoms with Crippen LogP contribution in [0.15, 0.2) is 0 Å². The van der Waals surface area contributed by atoms with Crippen LogP contribution in [0.5, 0.6) is 0 Å². The van der Waals surface area contributed by atoms with Crippen LogP contribution in [0.3, 0.4) is 0 Å². The van der Waals surface area contributed by atoms with E-state index in [4.69, 9.17) is 0 Å². The summed E-state index contributed by atoms with van der Waals surface area (Å²) in [6, 6.07) is -0.328. The van der Waals surface area contributed by atoms with Crippen molar-refractivity contribution >= 4 is 24.3 Å². The monoisotopic (exact) mass is 306 g/mol. The molecule has 3 N–H and O–H groups in total. The van der Waals surface area contributed by atoms with E-state index in [1.54, 1.807) is 0 Å². The van der Waals surface area contributed by atoms with Crippen molar-refractivity contribution in [2.45, 2.75) is 45.2 Å². The van der Waals surface area contributed by atoms with Gasteiger partial charge in [-0.15, -0.1) is 12.4 Å². The normalized spacial score (nSPS) is 20.5. The summed E-state index contributed by atoms with van der Waals surface area (Å²) in [6.07, 6.45) is 3.25. The minimum Gasteiger partial charge on any atom is -0.338 e. The van der Waals surface area contributed by atoms with Crippen LogP contribution in [0.2, 0.25) is 0 Å². The van der Waals surface area contributed by atoms with Gasteiger partial charge in [-0.1, -0.05) is 0 Å². The Morgan fingerprint density at radius 3 is 2.70 bits per heavy atom. The maximum Gasteiger partial charge on any atom is 0.321 e. The number of rotatable bonds is 4. The highest BCUT2D eigenvalue weighted by molar-refractivity contribution is 5.96. The van der Waals surface area contributed by atoms with Gasteiger partial charge < -0.3 is 10.6 Å². The van der Waals surface area contributed by atoms with E-state index in [0.29, 0.717) is 12.6 Å². The van der Waals surface area contributed by atoms with E-state index in [-0.39, 0.29) is 24.4 Å². The number of hydrogen-bond donors (Lipinski definition) is 3. The van der Waals surface area contributed by atoms with Crippen LogP contribution in [-0.2, 0) is 4.79 Å². The maximum atomic E-state index is 12.0. The Labute approximate surface area is 127 Å². The van der Waals surface area contributed by atoms with E-state index < -0.39 is 6.03 Å². The third-order valence-corrected chi connectivity index (χ3v) is 3.69. The van der Waals surface area contributed by atoms with Crippen molar-refractivity contribution in [3.63, 3.8) is 0 Å². The summed E-state index contributed by atoms with van der Waals surface area (Å²) in [5, 5.41) is 8.29. The minimum absolute atomic E-state index is 0. The predicted molar refractivity (Wildman–Crippen MR) is 82.2 cm³/mol. The Bertz CT molecular complexity index is 307. The third-order valence-electron chi connectivity index (χ3n) is 3.69. The topological polar surface area (TPSA) is 73.5 Å². The first kappa shape index (κ1) is 19.1. The highest BCUT2D eigenvalue weighted by atomic mass is 35.5. The molecule has 1 aliphatic rings. The summed E-state index contributed by atoms with van der Waals surface area (Å²) in [6.45, 7) is 6.20. The lowest BCUT2D eigenvalue weighted by atomic mass is 10.1. The molecule has 0 bridgehead atoms. The third kappa shape index (κ3) is 6.07. The fourth-order valence-electron chi connectivity index (χ4n) is 2.33. The molecular formula is C13H27ClN4O2. The Morgan fingerprint density at radius 1 is 1.35 bits per heavy atom. The van der Waals surface area contributed by atoms with Gasteiger partial charge in [0.25, 0.3) is 0 Å². The fraction of sp³-hybridized carbons (Fsp3) is 0.846. The largest absolute Gasteiger partial charge is 0.338 e. The molecule has 20 heavy (non-hydrogen) atoms. The smallest absolute Gasteiger partial charge is 0.321 e. The lowest BCUT2D eigenvalue weighted by Gasteiger charge is -2.31. The summed E-state index contributed by atoms with van der Waals surface area (Å²) < 4.78 is 0. The molecule has 7 heteroatoms. The summed E-state index contributed by atoms with van der Waals surface area (Å²) >= 11 is 0. The first-order valence-corrected chi connectivity index (χ1v) is 7.07. The van der Waals surface area contributed by atoms with Gasteiger partial charge in [0, 0.05) is 12.6 Å². The lowest BCUT2D eigenvalue weighted by Crippen LogP contribution is -2.51. The molecule has 0 aliphatic carbocycles. The van der Waals surface area contributed by atoms with Crippen LogP contribution in [0, 0.1) is 0 Å². The fourth-order valence-corrected chi connectivity index (χ4v) is 2.33. The van der Waals surface area contributed by atoms with E-state index in [2.05, 4.69) is 20.9 Å². The number of halogens is 1. The van der Waals surface area contributed by atoms with Crippen molar-refractivity contribution in [3.8, 4) is 0 Å². The Balaban J connectivity index is 0.00000361. The van der Waals surface area contributed by atoms with E-state index in [0.717, 1.165) is 32.4 Å². The molecule has 0 aromatic carbocycles. The highest BCUT2D eigenvalue weighted by Crippen LogP contribution is 2.14. The van der Waals surface area contributed by atoms with Crippen molar-refractivity contribution in [2.75, 3.05) is 26.7 Å². The predicted octanol–water partition coefficient (Wildman–Crippen LogP) is 0.716. The van der Waals surface area contributed by atoms with Gasteiger partial charge in [-0.05, 0) is 53.2 Å². The van der Waals surface area contributed by atoms with Crippen LogP contribution < -0.4 is 16.0 Å². The molecular weight excluding hydrogens is 280 g/mol. The molecule has 1 saturated heterocycles. The summed E-state index contributed by atoms with van der Waals surface area (Å²) in [7, 11) is 1.96. The van der Waals surface area contributed by atoms with E-state index in [9.17, 15) is 9.59 Å². The first-order chi connectivity index (χ1) is 9.06. The average molecular weight is 307 g/mol. The molecule has 0 spiro atoms. The molecule has 0 aromatic rings. The molecule has 1 heterocycles. The van der Waals surface area contributed by atoms with Gasteiger partial charge >= 0.3 is 6.03 Å². The second-order valence-electron chi connectivity index (χ2n) is 5.02. The Hall–Kier alpha value is -0.850. The zero-order valence-corrected chi connectivity index (χ0v) is 13.4. The van der Waals surface area contributed by atoms with E-state index in [1.165, 1.54) is 0 Å². The second kappa shape index (κ2) is 9.96. The van der Waals surface area contributed by atoms with Crippen LogP contribution in [0.4, 0.5) is 4.79 Å². The number of amides is 3. The Morgan fingerprint density at radius 2 is 2.05 bits per heavy atom. The van der Waals surface area contributed by atoms with Gasteiger partial charge in [0.15, 0.2) is 0 Å². The van der Waals surface area contributed by atoms with Crippen LogP contribution in [0.1, 0.15) is 33.1 Å². The number of imide groups is 1. The molecule has 1 fully saturated rings. The van der Waals surface area contributed by atoms with E-state index in [1.807, 2.05) is 20.9 Å². The number of urea groups is 1. The number of carbonyl (C=O) groups is 2. The van der Waals surface area contributed by atoms with Gasteiger partial charge in [0.2, 0.25) is 5.91 Å². The Kier molecular flexibility index (Phi) is 9.54. The first-order valence-electron chi connectivity index (χ1n) is 7.07. The van der Waals surface area contributed by atoms with Crippen LogP contribution in [0.25, 0.3) is 0 Å². The van der Waals surface area contributed by atoms with Gasteiger partial charge in [-0.3, -0.25) is 15.0 Å². The lowest BCUT2D eigenvalue weighted by molar-refractivity contribution is -0.125. The summed E-state index contributed by atoms with van der Waals surface area (Å²) in [5.41, 5.74) is 0. The average Bonchev–Trinajstić information content (AvgIpc) is 2.66. The highest BCUT2D eigenvalue weighted by Gasteiger charge is 2.26. The summed E-state index contributed by atoms with van der Waals surface area (Å²) in [4.78, 5) is 25.4. The van der Waals surface area contributed by atoms with Crippen LogP contribution >= 0.6 is 12.4 Å². The standard InChI is InChI=1S/C13H26N4O2.ClH/c1-4-15-13(19)16-12(18)10(2)17(3)11-6-5-8-14-9-7-11;/h10-11,14H,4-9H2,1-3H3,(H2,15,16,18,19);1H. The van der Waals surface area contributed by atoms with Gasteiger partial charge in [-0.25, -0.2) is 4.79 Å². The number of nitrogens with one attached hydrogen (secondary N) is 3. The van der Waals surface area contributed by atoms with Crippen molar-refractivity contribution in [1.82, 2.24) is 20.9 Å². The molecule has 0 radical (unpaired) electrons. The number of carbonyl (C=O) groups excluding carboxylic acids is 2. The SMILES string of the molecule is CCNC(=O)NC(=O)C(C)N(C)C1CCCNCC1.Cl. The molecule has 3 amide bonds. The second-order valence-corrected chi connectivity index (χ2v) is 5.02. The zero-order valence-electron chi connectivity index (χ0n) is 12.6. The molecule has 0 saturated carbocycles. The molecule has 2 atom stereocenters. The van der Waals surface area contributed by atoms with Crippen molar-refractivity contribution < 1.29 is 9.59 Å². The molecule has 0 aromatic heterocycles. The number of hydrogen-bond acceptors (Lipinski definition) is 4. The van der Waals surface area contributed by atoms with Crippen molar-refractivity contribution in [1.29, 1.82) is 0 Å². The zero-order chi connectivity index (χ0) is 14.3. The van der Waals surface area contributed by atoms with Gasteiger partial charge in [-0.2, -0.15) is 0 Å². The van der Waals surface area contributed by atoms with E-state index >= 15 is 0 Å². The molecule has 1 aliphatic heterocycles. The van der Waals surface area contributed by atoms with Crippen molar-refractivity contribution in [2.24, 2.45) is 0 Å². The molecule has 2 unspecified atom stereocenters. The van der Waals surface area contributed by atoms with Crippen LogP contribution in [-0.4, -0.2) is 55.6 Å². The van der Waals surface area contributed by atoms with Crippen molar-refractivity contribution in [3.05, 3.63) is 0 Å². The number of likely N-dealkylation sites (N-methyl/N-ethyl adjacent to an activating group) is 1. The van der Waals surface area contributed by atoms with Gasteiger partial charge in [0.1, 0.15) is 0 Å². The summed E-state index contributed by atoms with van der Waals surface area (Å²) in [5.74, 6) is -0.245. The quantitative estimate of drug-likeness (QED) is 0.715. The van der Waals surface area contributed by atoms with Gasteiger partial charge in [0.05, 0.1) is 6.04 Å². The minimum atomic E-state index is -0.421. The molecule has 1 rings (SSSR count). The maximum absolute atomic E-state index is 12.0.